The predicted octanol–water partition coefficient (Wildman–Crippen LogP) is 7.60. The number of hydrogen-bond acceptors (Lipinski definition) is 7. The van der Waals surface area contributed by atoms with Crippen LogP contribution in [0, 0.1) is 10.1 Å². The van der Waals surface area contributed by atoms with Crippen LogP contribution in [0.4, 0.5) is 5.69 Å². The van der Waals surface area contributed by atoms with Crippen molar-refractivity contribution in [3.05, 3.63) is 132 Å². The molecule has 0 spiro atoms. The fraction of sp³-hybridized carbons (Fsp3) is 0.0333. The normalized spacial score (nSPS) is 11.5. The Balaban J connectivity index is 1.34. The quantitative estimate of drug-likeness (QED) is 0.102. The first kappa shape index (κ1) is 26.4. The number of fused-ring (bicyclic) bond motifs is 2. The van der Waals surface area contributed by atoms with E-state index in [-0.39, 0.29) is 28.7 Å². The number of rotatable bonds is 7. The van der Waals surface area contributed by atoms with Crippen LogP contribution in [-0.2, 0) is 6.61 Å². The van der Waals surface area contributed by atoms with Crippen LogP contribution in [0.1, 0.15) is 11.1 Å². The molecule has 0 saturated carbocycles. The number of hydrogen-bond donors (Lipinski definition) is 0. The summed E-state index contributed by atoms with van der Waals surface area (Å²) in [7, 11) is 0. The summed E-state index contributed by atoms with van der Waals surface area (Å²) in [5.74, 6) is 1.02. The van der Waals surface area contributed by atoms with Crippen molar-refractivity contribution < 1.29 is 14.1 Å². The molecular formula is C30H18BrClN4O5. The summed E-state index contributed by atoms with van der Waals surface area (Å²) >= 11 is 10.0. The monoisotopic (exact) mass is 628 g/mol. The maximum absolute atomic E-state index is 13.5. The van der Waals surface area contributed by atoms with Crippen molar-refractivity contribution in [3.8, 4) is 17.3 Å². The van der Waals surface area contributed by atoms with Crippen LogP contribution < -0.4 is 10.3 Å². The number of nitrogens with zero attached hydrogens (tertiary/aromatic N) is 4. The summed E-state index contributed by atoms with van der Waals surface area (Å²) in [6.45, 7) is 0.0758. The Bertz CT molecular complexity index is 2000. The van der Waals surface area contributed by atoms with E-state index in [1.807, 2.05) is 36.4 Å². The molecule has 0 aliphatic rings. The predicted molar refractivity (Wildman–Crippen MR) is 161 cm³/mol. The molecular weight excluding hydrogens is 612 g/mol. The third kappa shape index (κ3) is 5.34. The van der Waals surface area contributed by atoms with Crippen molar-refractivity contribution in [2.24, 2.45) is 5.10 Å². The van der Waals surface area contributed by atoms with Gasteiger partial charge in [-0.15, -0.1) is 0 Å². The molecule has 6 aromatic rings. The first-order valence-electron chi connectivity index (χ1n) is 12.3. The van der Waals surface area contributed by atoms with Crippen molar-refractivity contribution in [1.29, 1.82) is 0 Å². The highest BCUT2D eigenvalue weighted by Gasteiger charge is 2.17. The summed E-state index contributed by atoms with van der Waals surface area (Å²) in [5.41, 5.74) is 2.01. The van der Waals surface area contributed by atoms with E-state index < -0.39 is 4.92 Å². The second-order valence-electron chi connectivity index (χ2n) is 8.99. The SMILES string of the molecule is O=c1c2ccccc2nc(-c2cc3ccccc3o2)n1N=Cc1cc(Cl)c(OCc2cccc([N+](=O)[O-])c2)c(Br)c1. The number of nitro groups is 1. The van der Waals surface area contributed by atoms with Crippen molar-refractivity contribution in [2.75, 3.05) is 0 Å². The summed E-state index contributed by atoms with van der Waals surface area (Å²) < 4.78 is 13.6. The van der Waals surface area contributed by atoms with Gasteiger partial charge in [0.05, 0.1) is 31.5 Å². The fourth-order valence-electron chi connectivity index (χ4n) is 4.31. The standard InChI is InChI=1S/C30H18BrClN4O5/c31-23-13-19(14-24(32)28(23)40-17-18-6-5-8-21(12-18)36(38)39)16-33-35-29(27-15-20-7-1-4-11-26(20)41-27)34-25-10-3-2-9-22(25)30(35)37/h1-16H,17H2. The number of nitro benzene ring substituents is 1. The fourth-order valence-corrected chi connectivity index (χ4v) is 5.30. The molecule has 0 saturated heterocycles. The highest BCUT2D eigenvalue weighted by atomic mass is 79.9. The molecule has 0 bridgehead atoms. The van der Waals surface area contributed by atoms with Crippen LogP contribution in [0.3, 0.4) is 0 Å². The Morgan fingerprint density at radius 3 is 2.66 bits per heavy atom. The zero-order chi connectivity index (χ0) is 28.5. The molecule has 4 aromatic carbocycles. The second kappa shape index (κ2) is 11.0. The third-order valence-corrected chi connectivity index (χ3v) is 7.12. The second-order valence-corrected chi connectivity index (χ2v) is 10.3. The maximum Gasteiger partial charge on any atom is 0.282 e. The molecule has 41 heavy (non-hydrogen) atoms. The van der Waals surface area contributed by atoms with E-state index in [1.165, 1.54) is 23.0 Å². The largest absolute Gasteiger partial charge is 0.486 e. The minimum Gasteiger partial charge on any atom is -0.486 e. The molecule has 0 fully saturated rings. The lowest BCUT2D eigenvalue weighted by Crippen LogP contribution is -2.20. The molecule has 0 aliphatic heterocycles. The van der Waals surface area contributed by atoms with Crippen LogP contribution in [0.2, 0.25) is 5.02 Å². The number of aromatic nitrogens is 2. The number of para-hydroxylation sites is 2. The molecule has 0 unspecified atom stereocenters. The van der Waals surface area contributed by atoms with Crippen LogP contribution in [-0.4, -0.2) is 20.8 Å². The summed E-state index contributed by atoms with van der Waals surface area (Å²) in [4.78, 5) is 28.8. The third-order valence-electron chi connectivity index (χ3n) is 6.25. The van der Waals surface area contributed by atoms with E-state index in [9.17, 15) is 14.9 Å². The Morgan fingerprint density at radius 1 is 1.05 bits per heavy atom. The van der Waals surface area contributed by atoms with Crippen molar-refractivity contribution in [1.82, 2.24) is 9.66 Å². The van der Waals surface area contributed by atoms with Gasteiger partial charge >= 0.3 is 0 Å². The molecule has 0 amide bonds. The average Bonchev–Trinajstić information content (AvgIpc) is 3.41. The summed E-state index contributed by atoms with van der Waals surface area (Å²) in [6, 6.07) is 25.9. The molecule has 0 atom stereocenters. The number of furan rings is 1. The van der Waals surface area contributed by atoms with Gasteiger partial charge in [-0.2, -0.15) is 9.78 Å². The molecule has 2 aromatic heterocycles. The molecule has 6 rings (SSSR count). The van der Waals surface area contributed by atoms with E-state index >= 15 is 0 Å². The van der Waals surface area contributed by atoms with E-state index in [2.05, 4.69) is 21.0 Å². The minimum atomic E-state index is -0.462. The van der Waals surface area contributed by atoms with Crippen LogP contribution in [0.5, 0.6) is 5.75 Å². The van der Waals surface area contributed by atoms with Gasteiger partial charge in [0, 0.05) is 17.5 Å². The lowest BCUT2D eigenvalue weighted by molar-refractivity contribution is -0.384. The first-order valence-corrected chi connectivity index (χ1v) is 13.4. The highest BCUT2D eigenvalue weighted by Crippen LogP contribution is 2.35. The maximum atomic E-state index is 13.5. The Labute approximate surface area is 245 Å². The molecule has 2 heterocycles. The topological polar surface area (TPSA) is 113 Å². The number of halogens is 2. The molecule has 0 N–H and O–H groups in total. The minimum absolute atomic E-state index is 0.0248. The van der Waals surface area contributed by atoms with Gasteiger partial charge in [-0.1, -0.05) is 54.1 Å². The van der Waals surface area contributed by atoms with E-state index in [1.54, 1.807) is 42.5 Å². The molecule has 0 radical (unpaired) electrons. The van der Waals surface area contributed by atoms with Gasteiger partial charge in [0.25, 0.3) is 11.2 Å². The Kier molecular flexibility index (Phi) is 7.08. The number of benzene rings is 4. The zero-order valence-electron chi connectivity index (χ0n) is 21.0. The Hall–Kier alpha value is -4.80. The van der Waals surface area contributed by atoms with E-state index in [0.29, 0.717) is 43.6 Å². The van der Waals surface area contributed by atoms with Crippen LogP contribution in [0.15, 0.2) is 110 Å². The lowest BCUT2D eigenvalue weighted by Gasteiger charge is -2.11. The van der Waals surface area contributed by atoms with Gasteiger partial charge in [0.2, 0.25) is 5.82 Å². The van der Waals surface area contributed by atoms with Gasteiger partial charge in [0.15, 0.2) is 11.5 Å². The van der Waals surface area contributed by atoms with E-state index in [4.69, 9.17) is 25.7 Å². The molecule has 9 nitrogen and oxygen atoms in total. The summed E-state index contributed by atoms with van der Waals surface area (Å²) in [6.07, 6.45) is 1.49. The van der Waals surface area contributed by atoms with Crippen molar-refractivity contribution in [2.45, 2.75) is 6.61 Å². The average molecular weight is 630 g/mol. The van der Waals surface area contributed by atoms with Gasteiger partial charge in [-0.05, 0) is 63.5 Å². The smallest absolute Gasteiger partial charge is 0.282 e. The molecule has 202 valence electrons. The summed E-state index contributed by atoms with van der Waals surface area (Å²) in [5, 5.41) is 17.1. The number of non-ortho nitro benzene ring substituents is 1. The van der Waals surface area contributed by atoms with Crippen LogP contribution in [0.25, 0.3) is 33.5 Å². The number of ether oxygens (including phenoxy) is 1. The van der Waals surface area contributed by atoms with Gasteiger partial charge in [-0.3, -0.25) is 14.9 Å². The van der Waals surface area contributed by atoms with E-state index in [0.717, 1.165) is 5.39 Å². The van der Waals surface area contributed by atoms with Crippen molar-refractivity contribution in [3.63, 3.8) is 0 Å². The molecule has 0 aliphatic carbocycles. The van der Waals surface area contributed by atoms with Crippen molar-refractivity contribution >= 4 is 61.3 Å². The molecule has 11 heteroatoms. The van der Waals surface area contributed by atoms with Gasteiger partial charge in [-0.25, -0.2) is 4.98 Å². The van der Waals surface area contributed by atoms with Crippen LogP contribution >= 0.6 is 27.5 Å². The van der Waals surface area contributed by atoms with Gasteiger partial charge in [0.1, 0.15) is 12.2 Å². The Morgan fingerprint density at radius 2 is 1.85 bits per heavy atom. The highest BCUT2D eigenvalue weighted by molar-refractivity contribution is 9.10. The first-order chi connectivity index (χ1) is 19.9. The van der Waals surface area contributed by atoms with Gasteiger partial charge < -0.3 is 9.15 Å². The lowest BCUT2D eigenvalue weighted by atomic mass is 10.2. The zero-order valence-corrected chi connectivity index (χ0v) is 23.4.